The summed E-state index contributed by atoms with van der Waals surface area (Å²) in [6.07, 6.45) is 3.72. The molecule has 1 aromatic carbocycles. The molecule has 0 atom stereocenters. The molecule has 2 N–H and O–H groups in total. The van der Waals surface area contributed by atoms with E-state index in [2.05, 4.69) is 40.7 Å². The molecule has 1 amide bonds. The molecule has 0 saturated heterocycles. The molecule has 1 aromatic heterocycles. The maximum absolute atomic E-state index is 12.1. The van der Waals surface area contributed by atoms with Gasteiger partial charge in [0.2, 0.25) is 5.95 Å². The third-order valence-corrected chi connectivity index (χ3v) is 3.65. The maximum Gasteiger partial charge on any atom is 0.271 e. The van der Waals surface area contributed by atoms with E-state index in [1.807, 2.05) is 16.8 Å². The number of imidazole rings is 1. The number of hydrogen-bond acceptors (Lipinski definition) is 3. The average molecular weight is 284 g/mol. The van der Waals surface area contributed by atoms with Gasteiger partial charge in [0, 0.05) is 25.8 Å². The van der Waals surface area contributed by atoms with Crippen LogP contribution in [-0.2, 0) is 13.0 Å². The van der Waals surface area contributed by atoms with E-state index in [9.17, 15) is 4.79 Å². The van der Waals surface area contributed by atoms with Gasteiger partial charge in [-0.1, -0.05) is 29.8 Å². The lowest BCUT2D eigenvalue weighted by molar-refractivity contribution is 0.0949. The maximum atomic E-state index is 12.1. The standard InChI is InChI=1S/C16H20N4O/c1-12-4-2-5-13(10-12)6-8-17-15(21)14-11-20-9-3-7-18-16(20)19-14/h2,4-5,10-11H,3,6-9H2,1H3,(H,17,21)(H,18,19). The molecule has 0 radical (unpaired) electrons. The minimum absolute atomic E-state index is 0.105. The number of carbonyl (C=O) groups is 1. The van der Waals surface area contributed by atoms with Crippen LogP contribution in [0.4, 0.5) is 5.95 Å². The second kappa shape index (κ2) is 5.99. The van der Waals surface area contributed by atoms with Gasteiger partial charge in [0.15, 0.2) is 0 Å². The monoisotopic (exact) mass is 284 g/mol. The lowest BCUT2D eigenvalue weighted by Crippen LogP contribution is -2.26. The number of nitrogens with zero attached hydrogens (tertiary/aromatic N) is 2. The molecular formula is C16H20N4O. The van der Waals surface area contributed by atoms with Crippen molar-refractivity contribution in [3.63, 3.8) is 0 Å². The highest BCUT2D eigenvalue weighted by atomic mass is 16.1. The minimum atomic E-state index is -0.105. The highest BCUT2D eigenvalue weighted by Crippen LogP contribution is 2.13. The van der Waals surface area contributed by atoms with Gasteiger partial charge >= 0.3 is 0 Å². The molecule has 5 heteroatoms. The highest BCUT2D eigenvalue weighted by molar-refractivity contribution is 5.92. The summed E-state index contributed by atoms with van der Waals surface area (Å²) in [4.78, 5) is 16.4. The molecule has 0 aliphatic carbocycles. The molecule has 5 nitrogen and oxygen atoms in total. The van der Waals surface area contributed by atoms with Gasteiger partial charge in [-0.15, -0.1) is 0 Å². The third-order valence-electron chi connectivity index (χ3n) is 3.65. The van der Waals surface area contributed by atoms with E-state index in [0.29, 0.717) is 12.2 Å². The quantitative estimate of drug-likeness (QED) is 0.902. The lowest BCUT2D eigenvalue weighted by atomic mass is 10.1. The molecule has 0 saturated carbocycles. The SMILES string of the molecule is Cc1cccc(CCNC(=O)c2cn3c(n2)NCCC3)c1. The Kier molecular flexibility index (Phi) is 3.90. The van der Waals surface area contributed by atoms with E-state index >= 15 is 0 Å². The zero-order valence-electron chi connectivity index (χ0n) is 12.2. The van der Waals surface area contributed by atoms with Gasteiger partial charge in [-0.25, -0.2) is 4.98 Å². The highest BCUT2D eigenvalue weighted by Gasteiger charge is 2.15. The first kappa shape index (κ1) is 13.7. The number of amides is 1. The van der Waals surface area contributed by atoms with Crippen LogP contribution < -0.4 is 10.6 Å². The Labute approximate surface area is 124 Å². The first-order valence-corrected chi connectivity index (χ1v) is 7.37. The van der Waals surface area contributed by atoms with Gasteiger partial charge in [-0.2, -0.15) is 0 Å². The van der Waals surface area contributed by atoms with E-state index in [4.69, 9.17) is 0 Å². The number of nitrogens with one attached hydrogen (secondary N) is 2. The Bertz CT molecular complexity index is 624. The van der Waals surface area contributed by atoms with E-state index < -0.39 is 0 Å². The fourth-order valence-electron chi connectivity index (χ4n) is 2.57. The van der Waals surface area contributed by atoms with Crippen molar-refractivity contribution >= 4 is 11.9 Å². The van der Waals surface area contributed by atoms with Crippen LogP contribution in [0.5, 0.6) is 0 Å². The Balaban J connectivity index is 1.55. The van der Waals surface area contributed by atoms with Crippen molar-refractivity contribution in [1.29, 1.82) is 0 Å². The predicted molar refractivity (Wildman–Crippen MR) is 82.5 cm³/mol. The second-order valence-corrected chi connectivity index (χ2v) is 5.42. The molecule has 110 valence electrons. The van der Waals surface area contributed by atoms with Crippen LogP contribution in [0.15, 0.2) is 30.5 Å². The zero-order valence-corrected chi connectivity index (χ0v) is 12.2. The summed E-state index contributed by atoms with van der Waals surface area (Å²) in [5, 5.41) is 6.13. The summed E-state index contributed by atoms with van der Waals surface area (Å²) in [6.45, 7) is 4.54. The molecule has 1 aliphatic rings. The Hall–Kier alpha value is -2.30. The van der Waals surface area contributed by atoms with Crippen LogP contribution in [0.2, 0.25) is 0 Å². The van der Waals surface area contributed by atoms with Crippen LogP contribution in [-0.4, -0.2) is 28.5 Å². The molecule has 0 unspecified atom stereocenters. The molecule has 2 aromatic rings. The summed E-state index contributed by atoms with van der Waals surface area (Å²) < 4.78 is 2.00. The first-order chi connectivity index (χ1) is 10.2. The Morgan fingerprint density at radius 1 is 1.48 bits per heavy atom. The molecular weight excluding hydrogens is 264 g/mol. The Morgan fingerprint density at radius 2 is 2.38 bits per heavy atom. The van der Waals surface area contributed by atoms with Gasteiger partial charge in [-0.05, 0) is 25.3 Å². The molecule has 0 bridgehead atoms. The molecule has 21 heavy (non-hydrogen) atoms. The van der Waals surface area contributed by atoms with Crippen molar-refractivity contribution in [3.8, 4) is 0 Å². The summed E-state index contributed by atoms with van der Waals surface area (Å²) in [5.74, 6) is 0.691. The smallest absolute Gasteiger partial charge is 0.271 e. The van der Waals surface area contributed by atoms with E-state index in [1.165, 1.54) is 11.1 Å². The van der Waals surface area contributed by atoms with Crippen molar-refractivity contribution < 1.29 is 4.79 Å². The van der Waals surface area contributed by atoms with Crippen molar-refractivity contribution in [2.45, 2.75) is 26.3 Å². The molecule has 2 heterocycles. The van der Waals surface area contributed by atoms with E-state index in [1.54, 1.807) is 0 Å². The number of benzene rings is 1. The number of anilines is 1. The molecule has 1 aliphatic heterocycles. The fourth-order valence-corrected chi connectivity index (χ4v) is 2.57. The summed E-state index contributed by atoms with van der Waals surface area (Å²) in [5.41, 5.74) is 2.97. The number of rotatable bonds is 4. The van der Waals surface area contributed by atoms with Gasteiger partial charge < -0.3 is 15.2 Å². The number of hydrogen-bond donors (Lipinski definition) is 2. The summed E-state index contributed by atoms with van der Waals surface area (Å²) in [7, 11) is 0. The fraction of sp³-hybridized carbons (Fsp3) is 0.375. The van der Waals surface area contributed by atoms with Crippen LogP contribution in [0.25, 0.3) is 0 Å². The summed E-state index contributed by atoms with van der Waals surface area (Å²) >= 11 is 0. The van der Waals surface area contributed by atoms with Crippen molar-refractivity contribution in [3.05, 3.63) is 47.3 Å². The molecule has 3 rings (SSSR count). The number of fused-ring (bicyclic) bond motifs is 1. The second-order valence-electron chi connectivity index (χ2n) is 5.42. The molecule has 0 spiro atoms. The predicted octanol–water partition coefficient (Wildman–Crippen LogP) is 1.98. The average Bonchev–Trinajstić information content (AvgIpc) is 2.91. The number of carbonyl (C=O) groups excluding carboxylic acids is 1. The van der Waals surface area contributed by atoms with Crippen LogP contribution in [0.3, 0.4) is 0 Å². The van der Waals surface area contributed by atoms with E-state index in [0.717, 1.165) is 31.9 Å². The summed E-state index contributed by atoms with van der Waals surface area (Å²) in [6, 6.07) is 8.34. The molecule has 0 fully saturated rings. The van der Waals surface area contributed by atoms with Gasteiger partial charge in [0.05, 0.1) is 0 Å². The van der Waals surface area contributed by atoms with Crippen LogP contribution in [0.1, 0.15) is 28.0 Å². The number of aryl methyl sites for hydroxylation is 2. The Morgan fingerprint density at radius 3 is 3.19 bits per heavy atom. The lowest BCUT2D eigenvalue weighted by Gasteiger charge is -2.14. The van der Waals surface area contributed by atoms with Crippen molar-refractivity contribution in [2.24, 2.45) is 0 Å². The number of aromatic nitrogens is 2. The largest absolute Gasteiger partial charge is 0.356 e. The van der Waals surface area contributed by atoms with Crippen molar-refractivity contribution in [2.75, 3.05) is 18.4 Å². The van der Waals surface area contributed by atoms with Crippen LogP contribution in [0, 0.1) is 6.92 Å². The normalized spacial score (nSPS) is 13.4. The van der Waals surface area contributed by atoms with Gasteiger partial charge in [0.1, 0.15) is 5.69 Å². The van der Waals surface area contributed by atoms with E-state index in [-0.39, 0.29) is 5.91 Å². The minimum Gasteiger partial charge on any atom is -0.356 e. The third kappa shape index (κ3) is 3.24. The van der Waals surface area contributed by atoms with Crippen LogP contribution >= 0.6 is 0 Å². The van der Waals surface area contributed by atoms with Gasteiger partial charge in [-0.3, -0.25) is 4.79 Å². The zero-order chi connectivity index (χ0) is 14.7. The van der Waals surface area contributed by atoms with Crippen molar-refractivity contribution in [1.82, 2.24) is 14.9 Å². The first-order valence-electron chi connectivity index (χ1n) is 7.37. The van der Waals surface area contributed by atoms with Gasteiger partial charge in [0.25, 0.3) is 5.91 Å². The topological polar surface area (TPSA) is 59.0 Å².